The number of hydrogen-bond donors (Lipinski definition) is 5. The van der Waals surface area contributed by atoms with Gasteiger partial charge in [-0.3, -0.25) is 9.59 Å². The number of aliphatic hydroxyl groups is 4. The number of ketones is 2. The third-order valence-electron chi connectivity index (χ3n) is 7.61. The van der Waals surface area contributed by atoms with Crippen molar-refractivity contribution in [3.8, 4) is 11.5 Å². The molecule has 0 bridgehead atoms. The number of Topliss-reactive ketones (excluding diaryl/α,β-unsaturated/α-hetero) is 2. The van der Waals surface area contributed by atoms with E-state index in [0.29, 0.717) is 64.8 Å². The van der Waals surface area contributed by atoms with Gasteiger partial charge in [-0.25, -0.2) is 4.79 Å². The van der Waals surface area contributed by atoms with Crippen LogP contribution in [0.5, 0.6) is 11.5 Å². The average Bonchev–Trinajstić information content (AvgIpc) is 3.11. The van der Waals surface area contributed by atoms with Gasteiger partial charge in [-0.05, 0) is 91.3 Å². The Labute approximate surface area is 292 Å². The summed E-state index contributed by atoms with van der Waals surface area (Å²) in [5, 5.41) is 46.4. The van der Waals surface area contributed by atoms with E-state index in [-0.39, 0.29) is 50.4 Å². The van der Waals surface area contributed by atoms with E-state index in [1.165, 1.54) is 12.1 Å². The van der Waals surface area contributed by atoms with Crippen molar-refractivity contribution in [1.29, 1.82) is 0 Å². The van der Waals surface area contributed by atoms with E-state index in [1.807, 2.05) is 12.1 Å². The fourth-order valence-electron chi connectivity index (χ4n) is 5.03. The predicted octanol–water partition coefficient (Wildman–Crippen LogP) is 5.40. The molecule has 0 amide bonds. The molecule has 0 aromatic heterocycles. The molecule has 4 rings (SSSR count). The van der Waals surface area contributed by atoms with Gasteiger partial charge in [0.2, 0.25) is 0 Å². The van der Waals surface area contributed by atoms with Crippen LogP contribution in [0.4, 0.5) is 0 Å². The van der Waals surface area contributed by atoms with Gasteiger partial charge in [0.05, 0.1) is 26.4 Å². The number of carbonyl (C=O) groups excluding carboxylic acids is 3. The van der Waals surface area contributed by atoms with Crippen molar-refractivity contribution in [3.63, 3.8) is 0 Å². The average molecular weight is 687 g/mol. The summed E-state index contributed by atoms with van der Waals surface area (Å²) in [6.07, 6.45) is 1.68. The van der Waals surface area contributed by atoms with Crippen molar-refractivity contribution in [3.05, 3.63) is 129 Å². The quantitative estimate of drug-likeness (QED) is 0.0806. The lowest BCUT2D eigenvalue weighted by atomic mass is 9.99. The molecule has 0 spiro atoms. The van der Waals surface area contributed by atoms with E-state index < -0.39 is 11.6 Å². The zero-order valence-electron chi connectivity index (χ0n) is 28.7. The van der Waals surface area contributed by atoms with Crippen LogP contribution in [-0.4, -0.2) is 55.3 Å². The van der Waals surface area contributed by atoms with E-state index >= 15 is 0 Å². The van der Waals surface area contributed by atoms with Gasteiger partial charge in [0, 0.05) is 24.0 Å². The van der Waals surface area contributed by atoms with Gasteiger partial charge in [-0.1, -0.05) is 60.7 Å². The Morgan fingerprint density at radius 1 is 0.600 bits per heavy atom. The highest BCUT2D eigenvalue weighted by Gasteiger charge is 2.17. The molecule has 5 N–H and O–H groups in total. The van der Waals surface area contributed by atoms with Crippen LogP contribution in [0.1, 0.15) is 87.7 Å². The molecule has 50 heavy (non-hydrogen) atoms. The van der Waals surface area contributed by atoms with E-state index in [9.17, 15) is 34.8 Å². The fraction of sp³-hybridized carbons (Fsp3) is 0.325. The summed E-state index contributed by atoms with van der Waals surface area (Å²) in [4.78, 5) is 36.3. The lowest BCUT2D eigenvalue weighted by molar-refractivity contribution is -0.157. The van der Waals surface area contributed by atoms with Crippen LogP contribution in [0.2, 0.25) is 0 Å². The van der Waals surface area contributed by atoms with E-state index in [2.05, 4.69) is 0 Å². The molecule has 0 saturated carbocycles. The largest absolute Gasteiger partial charge is 0.508 e. The second kappa shape index (κ2) is 19.4. The Hall–Kier alpha value is -4.87. The number of benzene rings is 4. The second-order valence-corrected chi connectivity index (χ2v) is 12.6. The minimum absolute atomic E-state index is 0.0392. The molecule has 0 fully saturated rings. The van der Waals surface area contributed by atoms with Gasteiger partial charge < -0.3 is 35.0 Å². The monoisotopic (exact) mass is 686 g/mol. The first-order chi connectivity index (χ1) is 23.8. The Morgan fingerprint density at radius 2 is 1.08 bits per heavy atom. The maximum absolute atomic E-state index is 12.5. The number of aryl methyl sites for hydroxylation is 2. The zero-order valence-corrected chi connectivity index (χ0v) is 28.7. The molecule has 0 unspecified atom stereocenters. The summed E-state index contributed by atoms with van der Waals surface area (Å²) in [5.74, 6) is -0.0558. The minimum Gasteiger partial charge on any atom is -0.508 e. The number of esters is 1. The Balaban J connectivity index is 0.000000284. The van der Waals surface area contributed by atoms with Crippen molar-refractivity contribution in [2.24, 2.45) is 0 Å². The van der Waals surface area contributed by atoms with Crippen LogP contribution >= 0.6 is 0 Å². The minimum atomic E-state index is -0.580. The van der Waals surface area contributed by atoms with Gasteiger partial charge >= 0.3 is 5.97 Å². The van der Waals surface area contributed by atoms with Crippen molar-refractivity contribution in [2.45, 2.75) is 78.5 Å². The highest BCUT2D eigenvalue weighted by Crippen LogP contribution is 2.20. The number of aromatic hydroxyl groups is 1. The van der Waals surface area contributed by atoms with E-state index in [0.717, 1.165) is 11.1 Å². The standard InChI is InChI=1S/C23H28O6.C17H18O4/c1-23(2,3)29-22(27)15-28-20-6-4-5-17(12-20)21(26)10-8-16-7-9-18(13-24)19(11-16)14-25;18-10-14-6-4-12(8-15(14)11-19)5-7-17(21)13-2-1-3-16(20)9-13/h4-7,9,11-12,24-25H,8,10,13-15H2,1-3H3;1-4,6,8-9,18-20H,5,7,10-11H2. The van der Waals surface area contributed by atoms with Crippen LogP contribution in [0.25, 0.3) is 0 Å². The Morgan fingerprint density at radius 3 is 1.54 bits per heavy atom. The molecule has 10 nitrogen and oxygen atoms in total. The topological polar surface area (TPSA) is 171 Å². The van der Waals surface area contributed by atoms with Crippen molar-refractivity contribution in [1.82, 2.24) is 0 Å². The highest BCUT2D eigenvalue weighted by molar-refractivity contribution is 5.97. The van der Waals surface area contributed by atoms with Crippen LogP contribution in [0.15, 0.2) is 84.9 Å². The highest BCUT2D eigenvalue weighted by atomic mass is 16.6. The maximum Gasteiger partial charge on any atom is 0.344 e. The van der Waals surface area contributed by atoms with Crippen LogP contribution in [0.3, 0.4) is 0 Å². The number of carbonyl (C=O) groups is 3. The lowest BCUT2D eigenvalue weighted by Crippen LogP contribution is -2.27. The van der Waals surface area contributed by atoms with Crippen LogP contribution in [-0.2, 0) is 48.8 Å². The molecule has 0 aliphatic carbocycles. The summed E-state index contributed by atoms with van der Waals surface area (Å²) in [5.41, 5.74) is 4.98. The second-order valence-electron chi connectivity index (χ2n) is 12.6. The summed E-state index contributed by atoms with van der Waals surface area (Å²) in [6.45, 7) is 4.58. The number of phenolic OH excluding ortho intramolecular Hbond substituents is 1. The van der Waals surface area contributed by atoms with Crippen molar-refractivity contribution >= 4 is 17.5 Å². The molecular weight excluding hydrogens is 640 g/mol. The zero-order chi connectivity index (χ0) is 36.7. The predicted molar refractivity (Wildman–Crippen MR) is 188 cm³/mol. The van der Waals surface area contributed by atoms with E-state index in [1.54, 1.807) is 81.4 Å². The first-order valence-electron chi connectivity index (χ1n) is 16.3. The van der Waals surface area contributed by atoms with Gasteiger partial charge in [-0.15, -0.1) is 0 Å². The normalized spacial score (nSPS) is 10.9. The van der Waals surface area contributed by atoms with Crippen molar-refractivity contribution in [2.75, 3.05) is 6.61 Å². The molecule has 0 aliphatic heterocycles. The first kappa shape index (κ1) is 39.6. The van der Waals surface area contributed by atoms with Gasteiger partial charge in [0.25, 0.3) is 0 Å². The van der Waals surface area contributed by atoms with Crippen LogP contribution in [0, 0.1) is 0 Å². The third kappa shape index (κ3) is 12.9. The third-order valence-corrected chi connectivity index (χ3v) is 7.61. The molecule has 0 aliphatic rings. The molecule has 10 heteroatoms. The number of rotatable bonds is 15. The Kier molecular flexibility index (Phi) is 15.3. The summed E-state index contributed by atoms with van der Waals surface area (Å²) < 4.78 is 10.6. The molecule has 4 aromatic carbocycles. The number of phenols is 1. The fourth-order valence-corrected chi connectivity index (χ4v) is 5.03. The van der Waals surface area contributed by atoms with Crippen LogP contribution < -0.4 is 4.74 Å². The summed E-state index contributed by atoms with van der Waals surface area (Å²) in [7, 11) is 0. The van der Waals surface area contributed by atoms with Crippen molar-refractivity contribution < 1.29 is 49.4 Å². The smallest absolute Gasteiger partial charge is 0.344 e. The molecule has 266 valence electrons. The van der Waals surface area contributed by atoms with Gasteiger partial charge in [0.1, 0.15) is 17.1 Å². The maximum atomic E-state index is 12.5. The molecule has 0 atom stereocenters. The van der Waals surface area contributed by atoms with Gasteiger partial charge in [0.15, 0.2) is 18.2 Å². The number of ether oxygens (including phenoxy) is 2. The molecular formula is C40H46O10. The molecule has 0 saturated heterocycles. The lowest BCUT2D eigenvalue weighted by Gasteiger charge is -2.19. The summed E-state index contributed by atoms with van der Waals surface area (Å²) >= 11 is 0. The van der Waals surface area contributed by atoms with E-state index in [4.69, 9.17) is 14.6 Å². The summed E-state index contributed by atoms with van der Waals surface area (Å²) in [6, 6.07) is 23.8. The number of hydrogen-bond acceptors (Lipinski definition) is 10. The molecule has 4 aromatic rings. The molecule has 0 heterocycles. The van der Waals surface area contributed by atoms with Gasteiger partial charge in [-0.2, -0.15) is 0 Å². The first-order valence-corrected chi connectivity index (χ1v) is 16.3. The SMILES string of the molecule is CC(C)(C)OC(=O)COc1cccc(C(=O)CCc2ccc(CO)c(CO)c2)c1.O=C(CCc1ccc(CO)c(CO)c1)c1cccc(O)c1. The Bertz CT molecular complexity index is 1740. The number of aliphatic hydroxyl groups excluding tert-OH is 4. The molecule has 0 radical (unpaired) electrons.